The molecular weight excluding hydrogens is 366 g/mol. The SMILES string of the molecule is O=C([O-])c1nc2c(C(F)(F)F)cc(-c3ccccc3)cn2c1C(F)(F)F. The Labute approximate surface area is 141 Å². The third kappa shape index (κ3) is 2.98. The molecule has 4 nitrogen and oxygen atoms in total. The van der Waals surface area contributed by atoms with E-state index < -0.39 is 40.9 Å². The molecule has 0 saturated heterocycles. The number of rotatable bonds is 2. The number of carboxylic acids is 1. The van der Waals surface area contributed by atoms with Gasteiger partial charge in [0.2, 0.25) is 0 Å². The van der Waals surface area contributed by atoms with Crippen molar-refractivity contribution in [2.75, 3.05) is 0 Å². The van der Waals surface area contributed by atoms with E-state index in [2.05, 4.69) is 4.98 Å². The van der Waals surface area contributed by atoms with Gasteiger partial charge in [0.25, 0.3) is 0 Å². The molecule has 3 rings (SSSR count). The molecule has 0 aliphatic rings. The van der Waals surface area contributed by atoms with Crippen molar-refractivity contribution < 1.29 is 36.2 Å². The van der Waals surface area contributed by atoms with Crippen LogP contribution >= 0.6 is 0 Å². The molecule has 136 valence electrons. The number of carboxylic acid groups (broad SMARTS) is 1. The molecule has 0 saturated carbocycles. The lowest BCUT2D eigenvalue weighted by Crippen LogP contribution is -2.26. The number of benzene rings is 1. The zero-order valence-corrected chi connectivity index (χ0v) is 12.5. The van der Waals surface area contributed by atoms with Crippen LogP contribution in [0.4, 0.5) is 26.3 Å². The Morgan fingerprint density at radius 3 is 2.08 bits per heavy atom. The number of halogens is 6. The molecule has 0 amide bonds. The van der Waals surface area contributed by atoms with E-state index in [1.165, 1.54) is 24.3 Å². The van der Waals surface area contributed by atoms with E-state index >= 15 is 0 Å². The lowest BCUT2D eigenvalue weighted by molar-refractivity contribution is -0.256. The maximum absolute atomic E-state index is 13.4. The minimum Gasteiger partial charge on any atom is -0.543 e. The normalized spacial score (nSPS) is 12.5. The highest BCUT2D eigenvalue weighted by Gasteiger charge is 2.42. The van der Waals surface area contributed by atoms with Crippen molar-refractivity contribution in [1.82, 2.24) is 9.38 Å². The van der Waals surface area contributed by atoms with Crippen LogP contribution in [0.15, 0.2) is 42.6 Å². The van der Waals surface area contributed by atoms with E-state index in [1.807, 2.05) is 0 Å². The highest BCUT2D eigenvalue weighted by molar-refractivity contribution is 5.87. The fourth-order valence-electron chi connectivity index (χ4n) is 2.56. The first-order valence-electron chi connectivity index (χ1n) is 6.97. The molecule has 0 atom stereocenters. The van der Waals surface area contributed by atoms with Crippen molar-refractivity contribution >= 4 is 11.6 Å². The lowest BCUT2D eigenvalue weighted by atomic mass is 10.1. The number of pyridine rings is 1. The number of nitrogens with zero attached hydrogens (tertiary/aromatic N) is 2. The van der Waals surface area contributed by atoms with Crippen LogP contribution in [0.2, 0.25) is 0 Å². The Kier molecular flexibility index (Phi) is 3.93. The molecule has 0 N–H and O–H groups in total. The second-order valence-corrected chi connectivity index (χ2v) is 5.29. The summed E-state index contributed by atoms with van der Waals surface area (Å²) in [7, 11) is 0. The summed E-state index contributed by atoms with van der Waals surface area (Å²) in [6, 6.07) is 8.02. The molecular formula is C16H7F6N2O2-. The van der Waals surface area contributed by atoms with Crippen LogP contribution in [0.1, 0.15) is 21.7 Å². The van der Waals surface area contributed by atoms with Crippen molar-refractivity contribution in [2.24, 2.45) is 0 Å². The Morgan fingerprint density at radius 1 is 0.962 bits per heavy atom. The van der Waals surface area contributed by atoms with Gasteiger partial charge in [-0.2, -0.15) is 26.3 Å². The van der Waals surface area contributed by atoms with Gasteiger partial charge in [-0.1, -0.05) is 30.3 Å². The number of carbonyl (C=O) groups is 1. The van der Waals surface area contributed by atoms with Crippen LogP contribution in [-0.2, 0) is 12.4 Å². The lowest BCUT2D eigenvalue weighted by Gasteiger charge is -2.14. The molecule has 0 bridgehead atoms. The van der Waals surface area contributed by atoms with Gasteiger partial charge < -0.3 is 9.90 Å². The van der Waals surface area contributed by atoms with E-state index in [0.717, 1.165) is 6.20 Å². The number of fused-ring (bicyclic) bond motifs is 1. The van der Waals surface area contributed by atoms with Crippen molar-refractivity contribution in [3.63, 3.8) is 0 Å². The molecule has 0 fully saturated rings. The van der Waals surface area contributed by atoms with Gasteiger partial charge in [-0.25, -0.2) is 4.98 Å². The Bertz CT molecular complexity index is 990. The number of aromatic carboxylic acids is 1. The second-order valence-electron chi connectivity index (χ2n) is 5.29. The second kappa shape index (κ2) is 5.75. The van der Waals surface area contributed by atoms with Crippen LogP contribution in [0.3, 0.4) is 0 Å². The predicted molar refractivity (Wildman–Crippen MR) is 75.0 cm³/mol. The number of hydrogen-bond donors (Lipinski definition) is 0. The number of alkyl halides is 6. The van der Waals surface area contributed by atoms with Crippen LogP contribution in [-0.4, -0.2) is 15.4 Å². The average Bonchev–Trinajstić information content (AvgIpc) is 2.93. The van der Waals surface area contributed by atoms with Gasteiger partial charge in [0.05, 0.1) is 11.5 Å². The summed E-state index contributed by atoms with van der Waals surface area (Å²) in [6.07, 6.45) is -9.54. The monoisotopic (exact) mass is 373 g/mol. The molecule has 3 aromatic rings. The van der Waals surface area contributed by atoms with Gasteiger partial charge >= 0.3 is 12.4 Å². The fraction of sp³-hybridized carbons (Fsp3) is 0.125. The summed E-state index contributed by atoms with van der Waals surface area (Å²) in [5, 5.41) is 11.0. The summed E-state index contributed by atoms with van der Waals surface area (Å²) < 4.78 is 80.1. The summed E-state index contributed by atoms with van der Waals surface area (Å²) in [5.74, 6) is -2.32. The average molecular weight is 373 g/mol. The Morgan fingerprint density at radius 2 is 1.58 bits per heavy atom. The summed E-state index contributed by atoms with van der Waals surface area (Å²) >= 11 is 0. The van der Waals surface area contributed by atoms with E-state index in [1.54, 1.807) is 6.07 Å². The van der Waals surface area contributed by atoms with Gasteiger partial charge in [0.1, 0.15) is 11.3 Å². The molecule has 0 radical (unpaired) electrons. The number of hydrogen-bond acceptors (Lipinski definition) is 3. The Balaban J connectivity index is 2.47. The summed E-state index contributed by atoms with van der Waals surface area (Å²) in [6.45, 7) is 0. The minimum absolute atomic E-state index is 0.0935. The van der Waals surface area contributed by atoms with Crippen LogP contribution in [0.25, 0.3) is 16.8 Å². The van der Waals surface area contributed by atoms with Gasteiger partial charge in [0, 0.05) is 6.20 Å². The first kappa shape index (κ1) is 17.8. The van der Waals surface area contributed by atoms with Crippen molar-refractivity contribution in [2.45, 2.75) is 12.4 Å². The molecule has 10 heteroatoms. The summed E-state index contributed by atoms with van der Waals surface area (Å²) in [4.78, 5) is 14.0. The fourth-order valence-corrected chi connectivity index (χ4v) is 2.56. The van der Waals surface area contributed by atoms with E-state index in [4.69, 9.17) is 0 Å². The maximum atomic E-state index is 13.4. The number of aromatic nitrogens is 2. The molecule has 0 unspecified atom stereocenters. The van der Waals surface area contributed by atoms with Crippen molar-refractivity contribution in [3.05, 3.63) is 59.5 Å². The topological polar surface area (TPSA) is 57.4 Å². The van der Waals surface area contributed by atoms with Crippen LogP contribution in [0, 0.1) is 0 Å². The number of carbonyl (C=O) groups excluding carboxylic acids is 1. The van der Waals surface area contributed by atoms with Gasteiger partial charge in [-0.3, -0.25) is 4.40 Å². The molecule has 1 aromatic carbocycles. The van der Waals surface area contributed by atoms with Crippen molar-refractivity contribution in [3.8, 4) is 11.1 Å². The molecule has 0 aliphatic carbocycles. The molecule has 0 spiro atoms. The van der Waals surface area contributed by atoms with Crippen LogP contribution < -0.4 is 5.11 Å². The first-order valence-corrected chi connectivity index (χ1v) is 6.97. The van der Waals surface area contributed by atoms with Gasteiger partial charge in [0.15, 0.2) is 5.69 Å². The molecule has 26 heavy (non-hydrogen) atoms. The van der Waals surface area contributed by atoms with Crippen molar-refractivity contribution in [1.29, 1.82) is 0 Å². The molecule has 2 aromatic heterocycles. The summed E-state index contributed by atoms with van der Waals surface area (Å²) in [5.41, 5.74) is -6.06. The molecule has 2 heterocycles. The highest BCUT2D eigenvalue weighted by Crippen LogP contribution is 2.39. The largest absolute Gasteiger partial charge is 0.543 e. The standard InChI is InChI=1S/C16H8F6N2O2/c17-15(18,19)10-6-9(8-4-2-1-3-5-8)7-24-12(16(20,21)22)11(14(25)26)23-13(10)24/h1-7H,(H,25,26)/p-1. The smallest absolute Gasteiger partial charge is 0.434 e. The van der Waals surface area contributed by atoms with E-state index in [9.17, 15) is 36.2 Å². The van der Waals surface area contributed by atoms with Gasteiger partial charge in [-0.15, -0.1) is 0 Å². The highest BCUT2D eigenvalue weighted by atomic mass is 19.4. The maximum Gasteiger partial charge on any atom is 0.434 e. The third-order valence-corrected chi connectivity index (χ3v) is 3.59. The quantitative estimate of drug-likeness (QED) is 0.647. The molecule has 0 aliphatic heterocycles. The third-order valence-electron chi connectivity index (χ3n) is 3.59. The van der Waals surface area contributed by atoms with Gasteiger partial charge in [-0.05, 0) is 17.2 Å². The van der Waals surface area contributed by atoms with E-state index in [-0.39, 0.29) is 15.5 Å². The first-order chi connectivity index (χ1) is 12.0. The minimum atomic E-state index is -5.26. The number of imidazole rings is 1. The predicted octanol–water partition coefficient (Wildman–Crippen LogP) is 3.40. The zero-order chi connectivity index (χ0) is 19.3. The van der Waals surface area contributed by atoms with E-state index in [0.29, 0.717) is 6.07 Å². The zero-order valence-electron chi connectivity index (χ0n) is 12.5. The van der Waals surface area contributed by atoms with Crippen LogP contribution in [0.5, 0.6) is 0 Å². The Hall–Kier alpha value is -3.04.